The Bertz CT molecular complexity index is 1450. The van der Waals surface area contributed by atoms with E-state index in [4.69, 9.17) is 16.3 Å². The number of halogens is 1. The second-order valence-corrected chi connectivity index (χ2v) is 9.45. The minimum atomic E-state index is -3.99. The van der Waals surface area contributed by atoms with Gasteiger partial charge in [0.1, 0.15) is 5.75 Å². The van der Waals surface area contributed by atoms with E-state index in [-0.39, 0.29) is 22.2 Å². The molecule has 4 aromatic rings. The van der Waals surface area contributed by atoms with E-state index < -0.39 is 10.0 Å². The van der Waals surface area contributed by atoms with E-state index >= 15 is 0 Å². The van der Waals surface area contributed by atoms with Gasteiger partial charge in [0, 0.05) is 27.7 Å². The molecule has 0 heterocycles. The van der Waals surface area contributed by atoms with Crippen LogP contribution in [0.2, 0.25) is 5.02 Å². The first-order chi connectivity index (χ1) is 15.8. The lowest BCUT2D eigenvalue weighted by molar-refractivity contribution is 0.102. The van der Waals surface area contributed by atoms with Gasteiger partial charge in [-0.05, 0) is 48.2 Å². The van der Waals surface area contributed by atoms with Crippen LogP contribution in [0.4, 0.5) is 11.4 Å². The van der Waals surface area contributed by atoms with Crippen molar-refractivity contribution in [2.75, 3.05) is 17.1 Å². The molecule has 4 rings (SSSR count). The predicted octanol–water partition coefficient (Wildman–Crippen LogP) is 5.86. The lowest BCUT2D eigenvalue weighted by Crippen LogP contribution is -2.16. The highest BCUT2D eigenvalue weighted by Gasteiger charge is 2.22. The molecule has 0 aliphatic carbocycles. The molecule has 2 N–H and O–H groups in total. The summed E-state index contributed by atoms with van der Waals surface area (Å²) in [5, 5.41) is 4.34. The predicted molar refractivity (Wildman–Crippen MR) is 132 cm³/mol. The topological polar surface area (TPSA) is 84.5 Å². The fourth-order valence-corrected chi connectivity index (χ4v) is 5.19. The molecule has 6 nitrogen and oxygen atoms in total. The van der Waals surface area contributed by atoms with E-state index in [0.717, 1.165) is 0 Å². The number of anilines is 2. The SMILES string of the molecule is COc1cc(NC(=O)c2ccccc2)c(C)cc1NS(=O)(=O)c1cccc2cccc(Cl)c12. The molecule has 0 spiro atoms. The van der Waals surface area contributed by atoms with Crippen LogP contribution in [-0.2, 0) is 10.0 Å². The summed E-state index contributed by atoms with van der Waals surface area (Å²) in [6.45, 7) is 1.77. The van der Waals surface area contributed by atoms with Gasteiger partial charge in [-0.15, -0.1) is 0 Å². The summed E-state index contributed by atoms with van der Waals surface area (Å²) < 4.78 is 34.6. The van der Waals surface area contributed by atoms with Crippen molar-refractivity contribution in [2.45, 2.75) is 11.8 Å². The summed E-state index contributed by atoms with van der Waals surface area (Å²) in [4.78, 5) is 12.6. The third kappa shape index (κ3) is 4.65. The number of rotatable bonds is 6. The number of hydrogen-bond acceptors (Lipinski definition) is 4. The average molecular weight is 481 g/mol. The molecule has 1 amide bonds. The molecule has 4 aromatic carbocycles. The van der Waals surface area contributed by atoms with Gasteiger partial charge in [0.2, 0.25) is 0 Å². The van der Waals surface area contributed by atoms with Gasteiger partial charge in [-0.2, -0.15) is 0 Å². The molecule has 0 unspecified atom stereocenters. The molecule has 0 saturated carbocycles. The number of carbonyl (C=O) groups is 1. The van der Waals surface area contributed by atoms with Crippen LogP contribution in [-0.4, -0.2) is 21.4 Å². The highest BCUT2D eigenvalue weighted by Crippen LogP contribution is 2.35. The standard InChI is InChI=1S/C25H21ClN2O4S/c1-16-14-21(22(32-2)15-20(16)27-25(29)18-8-4-3-5-9-18)28-33(30,31)23-13-7-11-17-10-6-12-19(26)24(17)23/h3-15,28H,1-2H3,(H,27,29). The molecule has 8 heteroatoms. The van der Waals surface area contributed by atoms with Gasteiger partial charge < -0.3 is 10.1 Å². The molecule has 0 fully saturated rings. The summed E-state index contributed by atoms with van der Waals surface area (Å²) in [7, 11) is -2.56. The second-order valence-electron chi connectivity index (χ2n) is 7.39. The van der Waals surface area contributed by atoms with Crippen molar-refractivity contribution in [1.29, 1.82) is 0 Å². The summed E-state index contributed by atoms with van der Waals surface area (Å²) in [6, 6.07) is 22.2. The van der Waals surface area contributed by atoms with Crippen LogP contribution < -0.4 is 14.8 Å². The first kappa shape index (κ1) is 22.6. The number of aryl methyl sites for hydroxylation is 1. The first-order valence-electron chi connectivity index (χ1n) is 10.1. The number of sulfonamides is 1. The van der Waals surface area contributed by atoms with Gasteiger partial charge in [-0.25, -0.2) is 8.42 Å². The Kier molecular flexibility index (Phi) is 6.26. The molecule has 0 aliphatic heterocycles. The van der Waals surface area contributed by atoms with Crippen LogP contribution in [0, 0.1) is 6.92 Å². The highest BCUT2D eigenvalue weighted by molar-refractivity contribution is 7.93. The van der Waals surface area contributed by atoms with Crippen LogP contribution in [0.15, 0.2) is 83.8 Å². The van der Waals surface area contributed by atoms with Crippen LogP contribution >= 0.6 is 11.6 Å². The number of fused-ring (bicyclic) bond motifs is 1. The van der Waals surface area contributed by atoms with Gasteiger partial charge in [-0.3, -0.25) is 9.52 Å². The van der Waals surface area contributed by atoms with Crippen molar-refractivity contribution >= 4 is 49.7 Å². The van der Waals surface area contributed by atoms with E-state index in [1.165, 1.54) is 13.2 Å². The quantitative estimate of drug-likeness (QED) is 0.362. The molecular formula is C25H21ClN2O4S. The Morgan fingerprint density at radius 1 is 0.909 bits per heavy atom. The lowest BCUT2D eigenvalue weighted by Gasteiger charge is -2.17. The average Bonchev–Trinajstić information content (AvgIpc) is 2.81. The minimum Gasteiger partial charge on any atom is -0.494 e. The van der Waals surface area contributed by atoms with Crippen molar-refractivity contribution < 1.29 is 17.9 Å². The van der Waals surface area contributed by atoms with Gasteiger partial charge in [0.05, 0.1) is 17.7 Å². The van der Waals surface area contributed by atoms with Crippen LogP contribution in [0.1, 0.15) is 15.9 Å². The Labute approximate surface area is 197 Å². The fourth-order valence-electron chi connectivity index (χ4n) is 3.54. The van der Waals surface area contributed by atoms with E-state index in [1.807, 2.05) is 6.07 Å². The number of ether oxygens (including phenoxy) is 1. The number of benzene rings is 4. The van der Waals surface area contributed by atoms with E-state index in [2.05, 4.69) is 10.0 Å². The zero-order valence-corrected chi connectivity index (χ0v) is 19.5. The van der Waals surface area contributed by atoms with E-state index in [1.54, 1.807) is 73.7 Å². The zero-order valence-electron chi connectivity index (χ0n) is 17.9. The van der Waals surface area contributed by atoms with Crippen LogP contribution in [0.5, 0.6) is 5.75 Å². The molecule has 0 aromatic heterocycles. The Morgan fingerprint density at radius 3 is 2.30 bits per heavy atom. The number of nitrogens with one attached hydrogen (secondary N) is 2. The molecule has 0 aliphatic rings. The highest BCUT2D eigenvalue weighted by atomic mass is 35.5. The van der Waals surface area contributed by atoms with Gasteiger partial charge >= 0.3 is 0 Å². The normalized spacial score (nSPS) is 11.2. The first-order valence-corrected chi connectivity index (χ1v) is 11.9. The van der Waals surface area contributed by atoms with E-state index in [9.17, 15) is 13.2 Å². The fraction of sp³-hybridized carbons (Fsp3) is 0.0800. The molecule has 0 saturated heterocycles. The molecule has 168 valence electrons. The molecular weight excluding hydrogens is 460 g/mol. The number of hydrogen-bond donors (Lipinski definition) is 2. The summed E-state index contributed by atoms with van der Waals surface area (Å²) in [6.07, 6.45) is 0. The van der Waals surface area contributed by atoms with Gasteiger partial charge in [0.25, 0.3) is 15.9 Å². The van der Waals surface area contributed by atoms with Crippen molar-refractivity contribution in [3.8, 4) is 5.75 Å². The molecule has 0 atom stereocenters. The maximum absolute atomic E-state index is 13.3. The number of amides is 1. The lowest BCUT2D eigenvalue weighted by atomic mass is 10.1. The monoisotopic (exact) mass is 480 g/mol. The van der Waals surface area contributed by atoms with Gasteiger partial charge in [0.15, 0.2) is 0 Å². The smallest absolute Gasteiger partial charge is 0.262 e. The summed E-state index contributed by atoms with van der Waals surface area (Å²) >= 11 is 6.32. The van der Waals surface area contributed by atoms with Crippen LogP contribution in [0.3, 0.4) is 0 Å². The minimum absolute atomic E-state index is 0.0618. The molecule has 0 radical (unpaired) electrons. The second kappa shape index (κ2) is 9.13. The van der Waals surface area contributed by atoms with Crippen molar-refractivity contribution in [3.63, 3.8) is 0 Å². The largest absolute Gasteiger partial charge is 0.494 e. The van der Waals surface area contributed by atoms with Crippen molar-refractivity contribution in [3.05, 3.63) is 95.0 Å². The van der Waals surface area contributed by atoms with Gasteiger partial charge in [-0.1, -0.05) is 54.1 Å². The zero-order chi connectivity index (χ0) is 23.6. The molecule has 0 bridgehead atoms. The molecule has 33 heavy (non-hydrogen) atoms. The van der Waals surface area contributed by atoms with E-state index in [0.29, 0.717) is 32.6 Å². The third-order valence-corrected chi connectivity index (χ3v) is 6.90. The van der Waals surface area contributed by atoms with Crippen molar-refractivity contribution in [1.82, 2.24) is 0 Å². The van der Waals surface area contributed by atoms with Crippen LogP contribution in [0.25, 0.3) is 10.8 Å². The number of methoxy groups -OCH3 is 1. The Morgan fingerprint density at radius 2 is 1.61 bits per heavy atom. The number of carbonyl (C=O) groups excluding carboxylic acids is 1. The maximum atomic E-state index is 13.3. The summed E-state index contributed by atoms with van der Waals surface area (Å²) in [5.74, 6) is -0.0154. The Balaban J connectivity index is 1.69. The third-order valence-electron chi connectivity index (χ3n) is 5.18. The maximum Gasteiger partial charge on any atom is 0.262 e. The van der Waals surface area contributed by atoms with Crippen molar-refractivity contribution in [2.24, 2.45) is 0 Å². The Hall–Kier alpha value is -3.55. The summed E-state index contributed by atoms with van der Waals surface area (Å²) in [5.41, 5.74) is 1.93.